The van der Waals surface area contributed by atoms with Crippen LogP contribution in [-0.4, -0.2) is 27.9 Å². The maximum atomic E-state index is 11.9. The summed E-state index contributed by atoms with van der Waals surface area (Å²) in [5, 5.41) is 27.7. The molecule has 4 aromatic rings. The Hall–Kier alpha value is -3.74. The lowest BCUT2D eigenvalue weighted by Gasteiger charge is -2.16. The standard InChI is InChI=1S/C29H28N2O4/c1-19-24(17-30-18-26(32)21-7-3-2-4-8-21)27(35-31-19)22-13-11-20(12-14-22)23-9-5-6-10-25(23)29(15-16-29)28(33)34/h2-14,26,30,32H,15-18H2,1H3,(H,33,34). The maximum absolute atomic E-state index is 11.9. The first-order chi connectivity index (χ1) is 17.0. The highest BCUT2D eigenvalue weighted by atomic mass is 16.5. The number of nitrogens with zero attached hydrogens (tertiary/aromatic N) is 1. The predicted octanol–water partition coefficient (Wildman–Crippen LogP) is 5.26. The van der Waals surface area contributed by atoms with Gasteiger partial charge >= 0.3 is 5.97 Å². The maximum Gasteiger partial charge on any atom is 0.314 e. The summed E-state index contributed by atoms with van der Waals surface area (Å²) in [6, 6.07) is 25.3. The van der Waals surface area contributed by atoms with Crippen molar-refractivity contribution in [2.75, 3.05) is 6.54 Å². The fraction of sp³-hybridized carbons (Fsp3) is 0.241. The van der Waals surface area contributed by atoms with Crippen LogP contribution in [0, 0.1) is 6.92 Å². The van der Waals surface area contributed by atoms with Gasteiger partial charge in [0.05, 0.1) is 17.2 Å². The lowest BCUT2D eigenvalue weighted by molar-refractivity contribution is -0.140. The Bertz CT molecular complexity index is 1320. The zero-order chi connectivity index (χ0) is 24.4. The molecular weight excluding hydrogens is 440 g/mol. The number of benzene rings is 3. The van der Waals surface area contributed by atoms with Gasteiger partial charge in [-0.2, -0.15) is 0 Å². The second-order valence-electron chi connectivity index (χ2n) is 9.14. The first-order valence-corrected chi connectivity index (χ1v) is 11.8. The molecule has 3 N–H and O–H groups in total. The smallest absolute Gasteiger partial charge is 0.314 e. The second kappa shape index (κ2) is 9.49. The Labute approximate surface area is 204 Å². The third-order valence-corrected chi connectivity index (χ3v) is 6.87. The summed E-state index contributed by atoms with van der Waals surface area (Å²) < 4.78 is 5.66. The Balaban J connectivity index is 1.34. The molecule has 0 aliphatic heterocycles. The average molecular weight is 469 g/mol. The van der Waals surface area contributed by atoms with Crippen LogP contribution in [0.5, 0.6) is 0 Å². The molecule has 1 heterocycles. The molecular formula is C29H28N2O4. The van der Waals surface area contributed by atoms with E-state index in [4.69, 9.17) is 4.52 Å². The molecule has 1 fully saturated rings. The molecule has 6 nitrogen and oxygen atoms in total. The zero-order valence-electron chi connectivity index (χ0n) is 19.6. The molecule has 0 radical (unpaired) electrons. The highest BCUT2D eigenvalue weighted by molar-refractivity contribution is 5.88. The van der Waals surface area contributed by atoms with Gasteiger partial charge in [0.1, 0.15) is 0 Å². The van der Waals surface area contributed by atoms with Gasteiger partial charge in [-0.15, -0.1) is 0 Å². The first kappa shape index (κ1) is 23.0. The van der Waals surface area contributed by atoms with Crippen LogP contribution < -0.4 is 5.32 Å². The van der Waals surface area contributed by atoms with Crippen molar-refractivity contribution < 1.29 is 19.5 Å². The lowest BCUT2D eigenvalue weighted by Crippen LogP contribution is -2.21. The quantitative estimate of drug-likeness (QED) is 0.310. The number of carboxylic acid groups (broad SMARTS) is 1. The molecule has 3 aromatic carbocycles. The summed E-state index contributed by atoms with van der Waals surface area (Å²) in [5.74, 6) is -0.0681. The number of hydrogen-bond acceptors (Lipinski definition) is 5. The average Bonchev–Trinajstić information content (AvgIpc) is 3.63. The van der Waals surface area contributed by atoms with Crippen LogP contribution in [0.25, 0.3) is 22.5 Å². The van der Waals surface area contributed by atoms with E-state index in [2.05, 4.69) is 10.5 Å². The van der Waals surface area contributed by atoms with E-state index in [-0.39, 0.29) is 0 Å². The van der Waals surface area contributed by atoms with Crippen LogP contribution in [0.4, 0.5) is 0 Å². The molecule has 0 amide bonds. The van der Waals surface area contributed by atoms with Crippen molar-refractivity contribution in [3.63, 3.8) is 0 Å². The molecule has 0 bridgehead atoms. The van der Waals surface area contributed by atoms with Gasteiger partial charge in [0.2, 0.25) is 0 Å². The predicted molar refractivity (Wildman–Crippen MR) is 134 cm³/mol. The number of hydrogen-bond donors (Lipinski definition) is 3. The monoisotopic (exact) mass is 468 g/mol. The molecule has 35 heavy (non-hydrogen) atoms. The van der Waals surface area contributed by atoms with Crippen molar-refractivity contribution >= 4 is 5.97 Å². The highest BCUT2D eigenvalue weighted by Gasteiger charge is 2.52. The van der Waals surface area contributed by atoms with Gasteiger partial charge in [0.15, 0.2) is 5.76 Å². The zero-order valence-corrected chi connectivity index (χ0v) is 19.6. The van der Waals surface area contributed by atoms with Gasteiger partial charge in [-0.25, -0.2) is 0 Å². The molecule has 1 aliphatic rings. The summed E-state index contributed by atoms with van der Waals surface area (Å²) in [6.45, 7) is 2.83. The number of nitrogens with one attached hydrogen (secondary N) is 1. The SMILES string of the molecule is Cc1noc(-c2ccc(-c3ccccc3C3(C(=O)O)CC3)cc2)c1CNCC(O)c1ccccc1. The number of aliphatic carboxylic acids is 1. The van der Waals surface area contributed by atoms with E-state index >= 15 is 0 Å². The van der Waals surface area contributed by atoms with E-state index in [0.29, 0.717) is 31.7 Å². The molecule has 1 atom stereocenters. The lowest BCUT2D eigenvalue weighted by atomic mass is 9.88. The molecule has 0 spiro atoms. The fourth-order valence-corrected chi connectivity index (χ4v) is 4.63. The first-order valence-electron chi connectivity index (χ1n) is 11.8. The molecule has 1 aliphatic carbocycles. The molecule has 1 aromatic heterocycles. The van der Waals surface area contributed by atoms with Crippen LogP contribution >= 0.6 is 0 Å². The number of aromatic nitrogens is 1. The normalized spacial score (nSPS) is 15.0. The Morgan fingerprint density at radius 1 is 1.00 bits per heavy atom. The molecule has 5 rings (SSSR count). The number of aliphatic hydroxyl groups is 1. The van der Waals surface area contributed by atoms with Gasteiger partial charge in [-0.1, -0.05) is 84.0 Å². The Morgan fingerprint density at radius 3 is 2.34 bits per heavy atom. The van der Waals surface area contributed by atoms with Crippen molar-refractivity contribution in [3.8, 4) is 22.5 Å². The van der Waals surface area contributed by atoms with Crippen LogP contribution in [0.1, 0.15) is 41.3 Å². The third-order valence-electron chi connectivity index (χ3n) is 6.87. The number of carboxylic acids is 1. The van der Waals surface area contributed by atoms with E-state index in [9.17, 15) is 15.0 Å². The minimum absolute atomic E-state index is 0.412. The summed E-state index contributed by atoms with van der Waals surface area (Å²) in [7, 11) is 0. The van der Waals surface area contributed by atoms with Gasteiger partial charge in [0.25, 0.3) is 0 Å². The molecule has 178 valence electrons. The minimum Gasteiger partial charge on any atom is -0.481 e. The van der Waals surface area contributed by atoms with Crippen LogP contribution in [0.2, 0.25) is 0 Å². The summed E-state index contributed by atoms with van der Waals surface area (Å²) in [5.41, 5.74) is 5.54. The van der Waals surface area contributed by atoms with Crippen molar-refractivity contribution in [2.45, 2.75) is 37.8 Å². The number of aryl methyl sites for hydroxylation is 1. The summed E-state index contributed by atoms with van der Waals surface area (Å²) in [4.78, 5) is 11.9. The van der Waals surface area contributed by atoms with E-state index in [1.807, 2.05) is 85.8 Å². The molecule has 1 unspecified atom stereocenters. The van der Waals surface area contributed by atoms with Gasteiger partial charge < -0.3 is 20.1 Å². The van der Waals surface area contributed by atoms with Crippen molar-refractivity contribution in [1.82, 2.24) is 10.5 Å². The fourth-order valence-electron chi connectivity index (χ4n) is 4.63. The van der Waals surface area contributed by atoms with Crippen molar-refractivity contribution in [3.05, 3.63) is 101 Å². The highest BCUT2D eigenvalue weighted by Crippen LogP contribution is 2.51. The van der Waals surface area contributed by atoms with E-state index < -0.39 is 17.5 Å². The van der Waals surface area contributed by atoms with Gasteiger partial charge in [0, 0.05) is 24.2 Å². The third kappa shape index (κ3) is 4.50. The summed E-state index contributed by atoms with van der Waals surface area (Å²) in [6.07, 6.45) is 0.744. The molecule has 1 saturated carbocycles. The Kier molecular flexibility index (Phi) is 6.24. The number of carbonyl (C=O) groups is 1. The van der Waals surface area contributed by atoms with Crippen LogP contribution in [0.15, 0.2) is 83.4 Å². The van der Waals surface area contributed by atoms with Gasteiger partial charge in [-0.3, -0.25) is 4.79 Å². The minimum atomic E-state index is -0.763. The molecule has 0 saturated heterocycles. The Morgan fingerprint density at radius 2 is 1.66 bits per heavy atom. The van der Waals surface area contributed by atoms with E-state index in [0.717, 1.165) is 39.1 Å². The van der Waals surface area contributed by atoms with Crippen LogP contribution in [0.3, 0.4) is 0 Å². The van der Waals surface area contributed by atoms with Crippen LogP contribution in [-0.2, 0) is 16.8 Å². The largest absolute Gasteiger partial charge is 0.481 e. The molecule has 6 heteroatoms. The van der Waals surface area contributed by atoms with Crippen molar-refractivity contribution in [1.29, 1.82) is 0 Å². The second-order valence-corrected chi connectivity index (χ2v) is 9.14. The number of aliphatic hydroxyl groups excluding tert-OH is 1. The van der Waals surface area contributed by atoms with Crippen molar-refractivity contribution in [2.24, 2.45) is 0 Å². The van der Waals surface area contributed by atoms with E-state index in [1.54, 1.807) is 0 Å². The number of rotatable bonds is 9. The van der Waals surface area contributed by atoms with Gasteiger partial charge in [-0.05, 0) is 42.0 Å². The van der Waals surface area contributed by atoms with E-state index in [1.165, 1.54) is 0 Å². The topological polar surface area (TPSA) is 95.6 Å². The summed E-state index contributed by atoms with van der Waals surface area (Å²) >= 11 is 0.